The van der Waals surface area contributed by atoms with Crippen LogP contribution < -0.4 is 5.32 Å². The Bertz CT molecular complexity index is 377. The summed E-state index contributed by atoms with van der Waals surface area (Å²) in [7, 11) is 0. The van der Waals surface area contributed by atoms with Gasteiger partial charge in [-0.1, -0.05) is 28.1 Å². The largest absolute Gasteiger partial charge is 0.396 e. The molecule has 0 spiro atoms. The Morgan fingerprint density at radius 2 is 2.22 bits per heavy atom. The fourth-order valence-corrected chi connectivity index (χ4v) is 3.09. The maximum atomic E-state index is 8.80. The van der Waals surface area contributed by atoms with Gasteiger partial charge in [0.1, 0.15) is 0 Å². The quantitative estimate of drug-likeness (QED) is 0.843. The summed E-state index contributed by atoms with van der Waals surface area (Å²) >= 11 is 3.53. The number of hydrogen-bond donors (Lipinski definition) is 2. The highest BCUT2D eigenvalue weighted by molar-refractivity contribution is 9.10. The SMILES string of the molecule is CC(CCCO)NC1CC(c2cccc(Br)c2)C1. The highest BCUT2D eigenvalue weighted by atomic mass is 79.9. The van der Waals surface area contributed by atoms with E-state index in [1.165, 1.54) is 22.9 Å². The number of benzene rings is 1. The monoisotopic (exact) mass is 311 g/mol. The number of hydrogen-bond acceptors (Lipinski definition) is 2. The second-order valence-electron chi connectivity index (χ2n) is 5.35. The van der Waals surface area contributed by atoms with E-state index in [0.29, 0.717) is 24.6 Å². The smallest absolute Gasteiger partial charge is 0.0431 e. The predicted octanol–water partition coefficient (Wildman–Crippen LogP) is 3.45. The van der Waals surface area contributed by atoms with Gasteiger partial charge in [-0.05, 0) is 56.2 Å². The number of aliphatic hydroxyl groups excluding tert-OH is 1. The lowest BCUT2D eigenvalue weighted by Crippen LogP contribution is -2.44. The second kappa shape index (κ2) is 6.69. The summed E-state index contributed by atoms with van der Waals surface area (Å²) in [6, 6.07) is 9.82. The molecule has 1 aliphatic carbocycles. The molecule has 18 heavy (non-hydrogen) atoms. The van der Waals surface area contributed by atoms with Crippen LogP contribution in [0.1, 0.15) is 44.1 Å². The molecule has 1 unspecified atom stereocenters. The third kappa shape index (κ3) is 3.81. The molecule has 100 valence electrons. The standard InChI is InChI=1S/C15H22BrNO/c1-11(4-3-7-18)17-15-9-13(10-15)12-5-2-6-14(16)8-12/h2,5-6,8,11,13,15,17-18H,3-4,7,9-10H2,1H3. The van der Waals surface area contributed by atoms with E-state index < -0.39 is 0 Å². The Labute approximate surface area is 118 Å². The molecule has 1 saturated carbocycles. The lowest BCUT2D eigenvalue weighted by Gasteiger charge is -2.38. The molecule has 2 N–H and O–H groups in total. The molecule has 1 aromatic rings. The third-order valence-electron chi connectivity index (χ3n) is 3.77. The van der Waals surface area contributed by atoms with Gasteiger partial charge in [0, 0.05) is 23.2 Å². The molecule has 2 rings (SSSR count). The van der Waals surface area contributed by atoms with Crippen LogP contribution in [0.15, 0.2) is 28.7 Å². The van der Waals surface area contributed by atoms with Gasteiger partial charge in [0.25, 0.3) is 0 Å². The maximum Gasteiger partial charge on any atom is 0.0431 e. The highest BCUT2D eigenvalue weighted by Crippen LogP contribution is 2.37. The van der Waals surface area contributed by atoms with E-state index in [9.17, 15) is 0 Å². The Morgan fingerprint density at radius 1 is 1.44 bits per heavy atom. The van der Waals surface area contributed by atoms with E-state index in [0.717, 1.165) is 12.8 Å². The lowest BCUT2D eigenvalue weighted by atomic mass is 9.75. The summed E-state index contributed by atoms with van der Waals surface area (Å²) in [5.41, 5.74) is 1.45. The minimum atomic E-state index is 0.303. The normalized spacial score (nSPS) is 24.6. The molecule has 3 heteroatoms. The van der Waals surface area contributed by atoms with E-state index in [1.807, 2.05) is 0 Å². The summed E-state index contributed by atoms with van der Waals surface area (Å²) in [4.78, 5) is 0. The molecule has 1 fully saturated rings. The predicted molar refractivity (Wildman–Crippen MR) is 78.8 cm³/mol. The van der Waals surface area contributed by atoms with E-state index in [2.05, 4.69) is 52.4 Å². The van der Waals surface area contributed by atoms with Crippen molar-refractivity contribution in [2.75, 3.05) is 6.61 Å². The minimum Gasteiger partial charge on any atom is -0.396 e. The van der Waals surface area contributed by atoms with Gasteiger partial charge in [-0.25, -0.2) is 0 Å². The molecular formula is C15H22BrNO. The van der Waals surface area contributed by atoms with Crippen LogP contribution in [0.25, 0.3) is 0 Å². The summed E-state index contributed by atoms with van der Waals surface area (Å²) in [6.45, 7) is 2.51. The van der Waals surface area contributed by atoms with Crippen LogP contribution in [-0.4, -0.2) is 23.8 Å². The minimum absolute atomic E-state index is 0.303. The van der Waals surface area contributed by atoms with Crippen molar-refractivity contribution in [3.05, 3.63) is 34.3 Å². The topological polar surface area (TPSA) is 32.3 Å². The lowest BCUT2D eigenvalue weighted by molar-refractivity contribution is 0.244. The zero-order chi connectivity index (χ0) is 13.0. The molecule has 0 aliphatic heterocycles. The summed E-state index contributed by atoms with van der Waals surface area (Å²) in [6.07, 6.45) is 4.43. The third-order valence-corrected chi connectivity index (χ3v) is 4.27. The van der Waals surface area contributed by atoms with Crippen LogP contribution in [0, 0.1) is 0 Å². The Kier molecular flexibility index (Phi) is 5.22. The molecule has 0 amide bonds. The number of aliphatic hydroxyl groups is 1. The van der Waals surface area contributed by atoms with Gasteiger partial charge in [0.15, 0.2) is 0 Å². The molecule has 0 saturated heterocycles. The molecule has 0 heterocycles. The second-order valence-corrected chi connectivity index (χ2v) is 6.27. The van der Waals surface area contributed by atoms with Crippen LogP contribution in [0.4, 0.5) is 0 Å². The first-order valence-corrected chi connectivity index (χ1v) is 7.60. The molecule has 0 radical (unpaired) electrons. The zero-order valence-electron chi connectivity index (χ0n) is 10.9. The van der Waals surface area contributed by atoms with Gasteiger partial charge in [0.2, 0.25) is 0 Å². The fraction of sp³-hybridized carbons (Fsp3) is 0.600. The maximum absolute atomic E-state index is 8.80. The first kappa shape index (κ1) is 14.0. The van der Waals surface area contributed by atoms with Crippen molar-refractivity contribution in [2.45, 2.75) is 50.6 Å². The first-order chi connectivity index (χ1) is 8.69. The summed E-state index contributed by atoms with van der Waals surface area (Å²) in [5.74, 6) is 0.713. The highest BCUT2D eigenvalue weighted by Gasteiger charge is 2.30. The molecule has 1 atom stereocenters. The van der Waals surface area contributed by atoms with Crippen LogP contribution in [0.3, 0.4) is 0 Å². The van der Waals surface area contributed by atoms with Crippen molar-refractivity contribution in [1.29, 1.82) is 0 Å². The molecule has 1 aliphatic rings. The van der Waals surface area contributed by atoms with Crippen molar-refractivity contribution in [2.24, 2.45) is 0 Å². The van der Waals surface area contributed by atoms with E-state index in [4.69, 9.17) is 5.11 Å². The van der Waals surface area contributed by atoms with Crippen molar-refractivity contribution in [3.63, 3.8) is 0 Å². The molecular weight excluding hydrogens is 290 g/mol. The Morgan fingerprint density at radius 3 is 2.89 bits per heavy atom. The Hall–Kier alpha value is -0.380. The Balaban J connectivity index is 1.73. The summed E-state index contributed by atoms with van der Waals surface area (Å²) < 4.78 is 1.17. The molecule has 2 nitrogen and oxygen atoms in total. The number of halogens is 1. The van der Waals surface area contributed by atoms with Crippen molar-refractivity contribution >= 4 is 15.9 Å². The molecule has 1 aromatic carbocycles. The average Bonchev–Trinajstić information content (AvgIpc) is 2.30. The van der Waals surface area contributed by atoms with Gasteiger partial charge >= 0.3 is 0 Å². The molecule has 0 bridgehead atoms. The first-order valence-electron chi connectivity index (χ1n) is 6.81. The van der Waals surface area contributed by atoms with Crippen molar-refractivity contribution in [3.8, 4) is 0 Å². The van der Waals surface area contributed by atoms with Crippen LogP contribution in [0.5, 0.6) is 0 Å². The average molecular weight is 312 g/mol. The van der Waals surface area contributed by atoms with Crippen molar-refractivity contribution < 1.29 is 5.11 Å². The van der Waals surface area contributed by atoms with Gasteiger partial charge in [-0.2, -0.15) is 0 Å². The van der Waals surface area contributed by atoms with Crippen LogP contribution >= 0.6 is 15.9 Å². The van der Waals surface area contributed by atoms with Gasteiger partial charge in [-0.3, -0.25) is 0 Å². The van der Waals surface area contributed by atoms with Crippen molar-refractivity contribution in [1.82, 2.24) is 5.32 Å². The van der Waals surface area contributed by atoms with E-state index >= 15 is 0 Å². The van der Waals surface area contributed by atoms with Gasteiger partial charge in [-0.15, -0.1) is 0 Å². The van der Waals surface area contributed by atoms with Gasteiger partial charge < -0.3 is 10.4 Å². The van der Waals surface area contributed by atoms with Crippen LogP contribution in [0.2, 0.25) is 0 Å². The fourth-order valence-electron chi connectivity index (χ4n) is 2.67. The zero-order valence-corrected chi connectivity index (χ0v) is 12.5. The number of rotatable bonds is 6. The van der Waals surface area contributed by atoms with E-state index in [-0.39, 0.29) is 0 Å². The van der Waals surface area contributed by atoms with Crippen LogP contribution in [-0.2, 0) is 0 Å². The number of nitrogens with one attached hydrogen (secondary N) is 1. The van der Waals surface area contributed by atoms with Gasteiger partial charge in [0.05, 0.1) is 0 Å². The van der Waals surface area contributed by atoms with E-state index in [1.54, 1.807) is 0 Å². The summed E-state index contributed by atoms with van der Waals surface area (Å²) in [5, 5.41) is 12.4. The molecule has 0 aromatic heterocycles.